The molecule has 130 valence electrons. The lowest BCUT2D eigenvalue weighted by atomic mass is 10.2. The number of alkyl halides is 3. The molecule has 6 nitrogen and oxygen atoms in total. The Kier molecular flexibility index (Phi) is 6.16. The van der Waals surface area contributed by atoms with Crippen LogP contribution in [0.25, 0.3) is 5.82 Å². The van der Waals surface area contributed by atoms with Gasteiger partial charge in [0.1, 0.15) is 0 Å². The van der Waals surface area contributed by atoms with Crippen LogP contribution in [0.1, 0.15) is 18.9 Å². The van der Waals surface area contributed by atoms with Crippen molar-refractivity contribution >= 4 is 5.96 Å². The molecule has 0 saturated carbocycles. The maximum atomic E-state index is 12.2. The van der Waals surface area contributed by atoms with Crippen molar-refractivity contribution in [2.45, 2.75) is 26.1 Å². The first-order valence-electron chi connectivity index (χ1n) is 7.52. The van der Waals surface area contributed by atoms with E-state index in [0.717, 1.165) is 5.56 Å². The Morgan fingerprint density at radius 3 is 2.79 bits per heavy atom. The van der Waals surface area contributed by atoms with Crippen molar-refractivity contribution in [3.63, 3.8) is 0 Å². The highest BCUT2D eigenvalue weighted by molar-refractivity contribution is 5.79. The van der Waals surface area contributed by atoms with E-state index in [-0.39, 0.29) is 6.54 Å². The Balaban J connectivity index is 1.99. The van der Waals surface area contributed by atoms with Gasteiger partial charge >= 0.3 is 6.18 Å². The van der Waals surface area contributed by atoms with Gasteiger partial charge in [-0.1, -0.05) is 0 Å². The number of hydrogen-bond donors (Lipinski definition) is 2. The van der Waals surface area contributed by atoms with Crippen molar-refractivity contribution in [3.05, 3.63) is 42.4 Å². The van der Waals surface area contributed by atoms with Crippen LogP contribution in [-0.4, -0.2) is 40.0 Å². The van der Waals surface area contributed by atoms with Gasteiger partial charge in [0, 0.05) is 31.7 Å². The molecule has 2 aromatic heterocycles. The summed E-state index contributed by atoms with van der Waals surface area (Å²) in [6, 6.07) is 5.42. The molecular formula is C15H19F3N6. The highest BCUT2D eigenvalue weighted by atomic mass is 19.4. The number of nitrogens with zero attached hydrogens (tertiary/aromatic N) is 4. The molecule has 0 bridgehead atoms. The molecule has 0 unspecified atom stereocenters. The fourth-order valence-corrected chi connectivity index (χ4v) is 1.92. The van der Waals surface area contributed by atoms with Crippen molar-refractivity contribution in [1.82, 2.24) is 25.4 Å². The molecule has 0 fully saturated rings. The van der Waals surface area contributed by atoms with E-state index in [2.05, 4.69) is 25.7 Å². The molecule has 2 aromatic rings. The zero-order chi connectivity index (χ0) is 17.4. The van der Waals surface area contributed by atoms with Gasteiger partial charge in [-0.2, -0.15) is 18.3 Å². The average molecular weight is 340 g/mol. The van der Waals surface area contributed by atoms with Gasteiger partial charge in [0.2, 0.25) is 0 Å². The average Bonchev–Trinajstić information content (AvgIpc) is 3.06. The number of rotatable bonds is 6. The third kappa shape index (κ3) is 5.90. The fraction of sp³-hybridized carbons (Fsp3) is 0.400. The molecule has 24 heavy (non-hydrogen) atoms. The summed E-state index contributed by atoms with van der Waals surface area (Å²) in [5.74, 6) is 1.00. The number of hydrogen-bond acceptors (Lipinski definition) is 3. The predicted octanol–water partition coefficient (Wildman–Crippen LogP) is 2.27. The van der Waals surface area contributed by atoms with Crippen LogP contribution < -0.4 is 10.6 Å². The van der Waals surface area contributed by atoms with Crippen molar-refractivity contribution in [2.24, 2.45) is 4.99 Å². The van der Waals surface area contributed by atoms with Crippen LogP contribution in [0.15, 0.2) is 41.8 Å². The minimum atomic E-state index is -4.19. The maximum absolute atomic E-state index is 12.2. The molecule has 0 radical (unpaired) electrons. The molecule has 0 atom stereocenters. The number of aliphatic imine (C=N–C) groups is 1. The second-order valence-corrected chi connectivity index (χ2v) is 4.96. The Morgan fingerprint density at radius 1 is 1.29 bits per heavy atom. The molecule has 2 rings (SSSR count). The van der Waals surface area contributed by atoms with E-state index in [1.165, 1.54) is 0 Å². The molecule has 0 aromatic carbocycles. The van der Waals surface area contributed by atoms with E-state index >= 15 is 0 Å². The van der Waals surface area contributed by atoms with Gasteiger partial charge < -0.3 is 10.6 Å². The van der Waals surface area contributed by atoms with Crippen LogP contribution in [0.5, 0.6) is 0 Å². The third-order valence-electron chi connectivity index (χ3n) is 3.01. The lowest BCUT2D eigenvalue weighted by Gasteiger charge is -2.12. The van der Waals surface area contributed by atoms with Crippen LogP contribution in [0.2, 0.25) is 0 Å². The summed E-state index contributed by atoms with van der Waals surface area (Å²) in [6.07, 6.45) is -0.0193. The summed E-state index contributed by atoms with van der Waals surface area (Å²) in [4.78, 5) is 8.51. The molecule has 0 aliphatic rings. The Bertz CT molecular complexity index is 651. The number of nitrogens with one attached hydrogen (secondary N) is 2. The lowest BCUT2D eigenvalue weighted by Crippen LogP contribution is -2.38. The molecule has 2 heterocycles. The van der Waals surface area contributed by atoms with Gasteiger partial charge in [-0.15, -0.1) is 0 Å². The monoisotopic (exact) mass is 340 g/mol. The molecule has 0 aliphatic heterocycles. The van der Waals surface area contributed by atoms with Gasteiger partial charge in [-0.05, 0) is 30.7 Å². The van der Waals surface area contributed by atoms with Crippen LogP contribution in [-0.2, 0) is 6.54 Å². The Morgan fingerprint density at radius 2 is 2.12 bits per heavy atom. The summed E-state index contributed by atoms with van der Waals surface area (Å²) in [5, 5.41) is 9.70. The van der Waals surface area contributed by atoms with Gasteiger partial charge in [0.05, 0.1) is 13.0 Å². The van der Waals surface area contributed by atoms with E-state index in [9.17, 15) is 13.2 Å². The first-order valence-corrected chi connectivity index (χ1v) is 7.52. The van der Waals surface area contributed by atoms with Crippen LogP contribution in [0.4, 0.5) is 13.2 Å². The summed E-state index contributed by atoms with van der Waals surface area (Å²) in [6.45, 7) is 2.51. The van der Waals surface area contributed by atoms with Crippen LogP contribution >= 0.6 is 0 Å². The van der Waals surface area contributed by atoms with Gasteiger partial charge in [0.15, 0.2) is 11.8 Å². The summed E-state index contributed by atoms with van der Waals surface area (Å²) < 4.78 is 38.2. The van der Waals surface area contributed by atoms with Crippen LogP contribution in [0, 0.1) is 0 Å². The van der Waals surface area contributed by atoms with Crippen molar-refractivity contribution in [2.75, 3.05) is 13.1 Å². The van der Waals surface area contributed by atoms with Crippen molar-refractivity contribution in [1.29, 1.82) is 0 Å². The number of pyridine rings is 1. The summed E-state index contributed by atoms with van der Waals surface area (Å²) in [7, 11) is 0. The first-order chi connectivity index (χ1) is 11.5. The quantitative estimate of drug-likeness (QED) is 0.625. The van der Waals surface area contributed by atoms with Crippen molar-refractivity contribution in [3.8, 4) is 5.82 Å². The van der Waals surface area contributed by atoms with Crippen molar-refractivity contribution < 1.29 is 13.2 Å². The molecule has 0 aliphatic carbocycles. The molecule has 9 heteroatoms. The molecule has 2 N–H and O–H groups in total. The predicted molar refractivity (Wildman–Crippen MR) is 84.8 cm³/mol. The third-order valence-corrected chi connectivity index (χ3v) is 3.01. The zero-order valence-electron chi connectivity index (χ0n) is 13.2. The first kappa shape index (κ1) is 17.8. The van der Waals surface area contributed by atoms with E-state index in [1.54, 1.807) is 35.4 Å². The highest BCUT2D eigenvalue weighted by Crippen LogP contribution is 2.18. The van der Waals surface area contributed by atoms with E-state index in [4.69, 9.17) is 0 Å². The van der Waals surface area contributed by atoms with E-state index < -0.39 is 12.6 Å². The Hall–Kier alpha value is -2.58. The largest absolute Gasteiger partial charge is 0.390 e. The Labute approximate surface area is 137 Å². The standard InChI is InChI=1S/C15H19F3N6/c1-2-19-14(21-8-5-15(16,17)18)22-11-12-4-7-20-13(10-12)24-9-3-6-23-24/h3-4,6-7,9-10H,2,5,8,11H2,1H3,(H2,19,21,22). The smallest absolute Gasteiger partial charge is 0.357 e. The number of halogens is 3. The van der Waals surface area contributed by atoms with E-state index in [1.807, 2.05) is 13.0 Å². The lowest BCUT2D eigenvalue weighted by molar-refractivity contribution is -0.132. The maximum Gasteiger partial charge on any atom is 0.390 e. The molecule has 0 spiro atoms. The van der Waals surface area contributed by atoms with Gasteiger partial charge in [0.25, 0.3) is 0 Å². The number of guanidine groups is 1. The molecular weight excluding hydrogens is 321 g/mol. The number of aromatic nitrogens is 3. The SMILES string of the molecule is CCNC(=NCc1ccnc(-n2cccn2)c1)NCCC(F)(F)F. The summed E-state index contributed by atoms with van der Waals surface area (Å²) in [5.41, 5.74) is 0.878. The zero-order valence-corrected chi connectivity index (χ0v) is 13.2. The second-order valence-electron chi connectivity index (χ2n) is 4.96. The second kappa shape index (κ2) is 8.32. The van der Waals surface area contributed by atoms with Gasteiger partial charge in [-0.3, -0.25) is 0 Å². The van der Waals surface area contributed by atoms with E-state index in [0.29, 0.717) is 24.9 Å². The minimum Gasteiger partial charge on any atom is -0.357 e. The van der Waals surface area contributed by atoms with Gasteiger partial charge in [-0.25, -0.2) is 14.7 Å². The summed E-state index contributed by atoms with van der Waals surface area (Å²) >= 11 is 0. The molecule has 0 amide bonds. The topological polar surface area (TPSA) is 67.1 Å². The normalized spacial score (nSPS) is 12.2. The van der Waals surface area contributed by atoms with Crippen LogP contribution in [0.3, 0.4) is 0 Å². The highest BCUT2D eigenvalue weighted by Gasteiger charge is 2.26. The molecule has 0 saturated heterocycles. The minimum absolute atomic E-state index is 0.218. The fourth-order valence-electron chi connectivity index (χ4n) is 1.92.